The van der Waals surface area contributed by atoms with Crippen LogP contribution < -0.4 is 0 Å². The molecule has 18 heavy (non-hydrogen) atoms. The summed E-state index contributed by atoms with van der Waals surface area (Å²) in [6.45, 7) is 0. The molecule has 0 unspecified atom stereocenters. The minimum absolute atomic E-state index is 0.382. The summed E-state index contributed by atoms with van der Waals surface area (Å²) in [6, 6.07) is 11.2. The van der Waals surface area contributed by atoms with E-state index in [-0.39, 0.29) is 0 Å². The fraction of sp³-hybridized carbons (Fsp3) is 0.200. The molecule has 0 fully saturated rings. The fourth-order valence-electron chi connectivity index (χ4n) is 2.43. The second-order valence-electron chi connectivity index (χ2n) is 4.45. The molecule has 3 heteroatoms. The third kappa shape index (κ3) is 1.78. The van der Waals surface area contributed by atoms with E-state index in [1.54, 1.807) is 6.07 Å². The Kier molecular flexibility index (Phi) is 2.59. The van der Waals surface area contributed by atoms with Crippen LogP contribution in [0.3, 0.4) is 0 Å². The first kappa shape index (κ1) is 11.0. The van der Waals surface area contributed by atoms with Gasteiger partial charge in [-0.25, -0.2) is 9.21 Å². The van der Waals surface area contributed by atoms with Crippen LogP contribution in [0.15, 0.2) is 40.8 Å². The van der Waals surface area contributed by atoms with Crippen molar-refractivity contribution in [2.75, 3.05) is 0 Å². The highest BCUT2D eigenvalue weighted by Crippen LogP contribution is 2.31. The molecule has 0 aliphatic heterocycles. The molecule has 0 bridgehead atoms. The molecule has 0 saturated carbocycles. The highest BCUT2D eigenvalue weighted by molar-refractivity contribution is 5.91. The predicted octanol–water partition coefficient (Wildman–Crippen LogP) is 3.41. The maximum Gasteiger partial charge on any atom is 0.361 e. The van der Waals surface area contributed by atoms with E-state index in [0.29, 0.717) is 11.3 Å². The van der Waals surface area contributed by atoms with Crippen LogP contribution in [0.5, 0.6) is 0 Å². The van der Waals surface area contributed by atoms with Gasteiger partial charge in [-0.05, 0) is 25.0 Å². The molecule has 1 aliphatic carbocycles. The lowest BCUT2D eigenvalue weighted by atomic mass is 10.1. The third-order valence-corrected chi connectivity index (χ3v) is 3.29. The van der Waals surface area contributed by atoms with Crippen LogP contribution in [0.2, 0.25) is 0 Å². The zero-order chi connectivity index (χ0) is 12.5. The van der Waals surface area contributed by atoms with Crippen molar-refractivity contribution in [3.8, 4) is 11.3 Å². The summed E-state index contributed by atoms with van der Waals surface area (Å²) in [5, 5.41) is 9.28. The molecule has 0 saturated heterocycles. The average Bonchev–Trinajstić information content (AvgIpc) is 2.86. The Morgan fingerprint density at radius 1 is 1.17 bits per heavy atom. The molecule has 1 N–H and O–H groups in total. The summed E-state index contributed by atoms with van der Waals surface area (Å²) in [6.07, 6.45) is 2.60. The highest BCUT2D eigenvalue weighted by Gasteiger charge is 2.31. The van der Waals surface area contributed by atoms with E-state index in [9.17, 15) is 9.90 Å². The number of benzene rings is 1. The van der Waals surface area contributed by atoms with Gasteiger partial charge in [-0.15, -0.1) is 0 Å². The van der Waals surface area contributed by atoms with Crippen LogP contribution in [0.1, 0.15) is 28.1 Å². The molecule has 0 amide bonds. The normalized spacial score (nSPS) is 13.3. The number of carbonyl (C=O) groups is 1. The van der Waals surface area contributed by atoms with Gasteiger partial charge in [0.15, 0.2) is 0 Å². The van der Waals surface area contributed by atoms with Gasteiger partial charge < -0.3 is 5.11 Å². The van der Waals surface area contributed by atoms with Gasteiger partial charge in [-0.2, -0.15) is 0 Å². The highest BCUT2D eigenvalue weighted by atomic mass is 16.4. The minimum atomic E-state index is -0.874. The molecule has 1 aromatic heterocycles. The Morgan fingerprint density at radius 2 is 1.94 bits per heavy atom. The molecular formula is C15H13O3+. The van der Waals surface area contributed by atoms with Gasteiger partial charge in [-0.3, -0.25) is 0 Å². The van der Waals surface area contributed by atoms with Crippen LogP contribution in [0.4, 0.5) is 0 Å². The third-order valence-electron chi connectivity index (χ3n) is 3.29. The number of aryl methyl sites for hydroxylation is 1. The quantitative estimate of drug-likeness (QED) is 0.819. The number of hydrogen-bond acceptors (Lipinski definition) is 1. The van der Waals surface area contributed by atoms with E-state index < -0.39 is 5.97 Å². The summed E-state index contributed by atoms with van der Waals surface area (Å²) < 4.78 is 5.83. The van der Waals surface area contributed by atoms with Crippen molar-refractivity contribution < 1.29 is 14.3 Å². The summed E-state index contributed by atoms with van der Waals surface area (Å²) in [5.41, 5.74) is 2.16. The van der Waals surface area contributed by atoms with Gasteiger partial charge in [0.05, 0.1) is 29.2 Å². The molecule has 1 heterocycles. The zero-order valence-electron chi connectivity index (χ0n) is 9.85. The molecule has 0 atom stereocenters. The molecule has 2 aromatic rings. The van der Waals surface area contributed by atoms with E-state index >= 15 is 0 Å². The molecule has 3 nitrogen and oxygen atoms in total. The standard InChI is InChI=1S/C15H12O3/c16-15(17)12-9-14(10-5-2-1-3-6-10)18-13-8-4-7-11(12)13/h1-3,5-6,9H,4,7-8H2/p+1. The summed E-state index contributed by atoms with van der Waals surface area (Å²) in [4.78, 5) is 11.3. The molecular weight excluding hydrogens is 228 g/mol. The first-order valence-electron chi connectivity index (χ1n) is 6.03. The Morgan fingerprint density at radius 3 is 2.67 bits per heavy atom. The molecule has 0 radical (unpaired) electrons. The smallest absolute Gasteiger partial charge is 0.361 e. The van der Waals surface area contributed by atoms with Crippen LogP contribution in [-0.2, 0) is 12.8 Å². The van der Waals surface area contributed by atoms with Gasteiger partial charge in [-0.1, -0.05) is 18.2 Å². The van der Waals surface area contributed by atoms with Crippen LogP contribution in [-0.4, -0.2) is 11.1 Å². The number of hydrogen-bond donors (Lipinski definition) is 1. The topological polar surface area (TPSA) is 48.6 Å². The van der Waals surface area contributed by atoms with E-state index in [1.165, 1.54) is 0 Å². The zero-order valence-corrected chi connectivity index (χ0v) is 9.85. The Balaban J connectivity index is 2.18. The Bertz CT molecular complexity index is 603. The largest absolute Gasteiger partial charge is 0.478 e. The maximum absolute atomic E-state index is 11.3. The summed E-state index contributed by atoms with van der Waals surface area (Å²) in [5.74, 6) is 0.587. The van der Waals surface area contributed by atoms with Crippen LogP contribution >= 0.6 is 0 Å². The van der Waals surface area contributed by atoms with E-state index in [4.69, 9.17) is 4.42 Å². The molecule has 3 rings (SSSR count). The van der Waals surface area contributed by atoms with Gasteiger partial charge >= 0.3 is 17.5 Å². The van der Waals surface area contributed by atoms with Gasteiger partial charge in [0, 0.05) is 0 Å². The molecule has 1 aliphatic rings. The van der Waals surface area contributed by atoms with Crippen molar-refractivity contribution in [3.05, 3.63) is 53.3 Å². The van der Waals surface area contributed by atoms with Crippen LogP contribution in [0, 0.1) is 0 Å². The number of rotatable bonds is 2. The van der Waals surface area contributed by atoms with Crippen molar-refractivity contribution in [3.63, 3.8) is 0 Å². The predicted molar refractivity (Wildman–Crippen MR) is 67.5 cm³/mol. The Labute approximate surface area is 105 Å². The monoisotopic (exact) mass is 241 g/mol. The van der Waals surface area contributed by atoms with E-state index in [0.717, 1.165) is 36.1 Å². The maximum atomic E-state index is 11.3. The SMILES string of the molecule is O=C(O)c1cc(-c2ccccc2)[o+]c2c1CCC2. The number of aromatic carboxylic acids is 1. The first-order chi connectivity index (χ1) is 8.75. The number of carboxylic acids is 1. The molecule has 90 valence electrons. The van der Waals surface area contributed by atoms with Gasteiger partial charge in [0.25, 0.3) is 0 Å². The van der Waals surface area contributed by atoms with Crippen molar-refractivity contribution in [1.82, 2.24) is 0 Å². The average molecular weight is 241 g/mol. The first-order valence-corrected chi connectivity index (χ1v) is 6.03. The molecule has 0 spiro atoms. The number of fused-ring (bicyclic) bond motifs is 1. The number of carboxylic acid groups (broad SMARTS) is 1. The van der Waals surface area contributed by atoms with Crippen molar-refractivity contribution >= 4 is 5.97 Å². The van der Waals surface area contributed by atoms with Gasteiger partial charge in [0.2, 0.25) is 0 Å². The second-order valence-corrected chi connectivity index (χ2v) is 4.45. The van der Waals surface area contributed by atoms with Crippen molar-refractivity contribution in [2.45, 2.75) is 19.3 Å². The van der Waals surface area contributed by atoms with Crippen LogP contribution in [0.25, 0.3) is 11.3 Å². The lowest BCUT2D eigenvalue weighted by Gasteiger charge is -1.99. The summed E-state index contributed by atoms with van der Waals surface area (Å²) in [7, 11) is 0. The van der Waals surface area contributed by atoms with Crippen molar-refractivity contribution in [2.24, 2.45) is 0 Å². The lowest BCUT2D eigenvalue weighted by Crippen LogP contribution is -2.02. The second kappa shape index (κ2) is 4.26. The summed E-state index contributed by atoms with van der Waals surface area (Å²) >= 11 is 0. The van der Waals surface area contributed by atoms with Gasteiger partial charge in [0.1, 0.15) is 0 Å². The Hall–Kier alpha value is -2.16. The lowest BCUT2D eigenvalue weighted by molar-refractivity contribution is 0.0695. The van der Waals surface area contributed by atoms with E-state index in [2.05, 4.69) is 0 Å². The molecule has 1 aromatic carbocycles. The van der Waals surface area contributed by atoms with Crippen molar-refractivity contribution in [1.29, 1.82) is 0 Å². The van der Waals surface area contributed by atoms with E-state index in [1.807, 2.05) is 30.3 Å². The fourth-order valence-corrected chi connectivity index (χ4v) is 2.43. The minimum Gasteiger partial charge on any atom is -0.478 e.